The van der Waals surface area contributed by atoms with Gasteiger partial charge in [0, 0.05) is 6.07 Å². The van der Waals surface area contributed by atoms with E-state index in [2.05, 4.69) is 4.90 Å². The maximum absolute atomic E-state index is 11.8. The second-order valence-electron chi connectivity index (χ2n) is 4.02. The van der Waals surface area contributed by atoms with Crippen molar-refractivity contribution in [1.29, 1.82) is 0 Å². The molecule has 1 fully saturated rings. The highest BCUT2D eigenvalue weighted by molar-refractivity contribution is 6.30. The lowest BCUT2D eigenvalue weighted by atomic mass is 10.1. The smallest absolute Gasteiger partial charge is 0.281 e. The maximum Gasteiger partial charge on any atom is 0.281 e. The largest absolute Gasteiger partial charge is 0.710 e. The first-order chi connectivity index (χ1) is 7.18. The molecule has 0 unspecified atom stereocenters. The summed E-state index contributed by atoms with van der Waals surface area (Å²) < 4.78 is 0.969. The lowest BCUT2D eigenvalue weighted by Gasteiger charge is -2.25. The molecule has 1 aromatic rings. The second kappa shape index (κ2) is 4.27. The number of nitrogens with zero attached hydrogens (tertiary/aromatic N) is 2. The van der Waals surface area contributed by atoms with Gasteiger partial charge in [-0.15, -0.1) is 0 Å². The minimum absolute atomic E-state index is 0.639. The minimum Gasteiger partial charge on any atom is -0.710 e. The average molecular weight is 227 g/mol. The molecular weight excluding hydrogens is 212 g/mol. The fourth-order valence-corrected chi connectivity index (χ4v) is 2.26. The highest BCUT2D eigenvalue weighted by Gasteiger charge is 2.21. The van der Waals surface area contributed by atoms with Gasteiger partial charge in [0.15, 0.2) is 0 Å². The van der Waals surface area contributed by atoms with Crippen molar-refractivity contribution >= 4 is 17.4 Å². The van der Waals surface area contributed by atoms with Crippen LogP contribution >= 0.6 is 11.6 Å². The minimum atomic E-state index is 0.639. The quantitative estimate of drug-likeness (QED) is 0.543. The van der Waals surface area contributed by atoms with Crippen molar-refractivity contribution in [3.05, 3.63) is 28.1 Å². The van der Waals surface area contributed by atoms with Crippen LogP contribution in [0.15, 0.2) is 12.1 Å². The summed E-state index contributed by atoms with van der Waals surface area (Å²) in [6, 6.07) is 3.45. The molecule has 0 N–H and O–H groups in total. The first-order valence-electron chi connectivity index (χ1n) is 5.33. The Morgan fingerprint density at radius 2 is 1.93 bits per heavy atom. The van der Waals surface area contributed by atoms with Gasteiger partial charge >= 0.3 is 0 Å². The molecule has 0 spiro atoms. The summed E-state index contributed by atoms with van der Waals surface area (Å²) in [5, 5.41) is 12.5. The highest BCUT2D eigenvalue weighted by atomic mass is 35.5. The second-order valence-corrected chi connectivity index (χ2v) is 4.45. The maximum atomic E-state index is 11.8. The number of aromatic nitrogens is 1. The third kappa shape index (κ3) is 2.17. The number of piperidine rings is 1. The number of anilines is 1. The molecule has 0 atom stereocenters. The van der Waals surface area contributed by atoms with Gasteiger partial charge in [0.25, 0.3) is 5.82 Å². The van der Waals surface area contributed by atoms with Crippen molar-refractivity contribution in [1.82, 2.24) is 0 Å². The van der Waals surface area contributed by atoms with Crippen LogP contribution in [-0.4, -0.2) is 13.1 Å². The van der Waals surface area contributed by atoms with Gasteiger partial charge in [-0.05, 0) is 32.3 Å². The highest BCUT2D eigenvalue weighted by Crippen LogP contribution is 2.20. The lowest BCUT2D eigenvalue weighted by Crippen LogP contribution is -2.42. The molecule has 15 heavy (non-hydrogen) atoms. The molecule has 1 aliphatic rings. The monoisotopic (exact) mass is 226 g/mol. The van der Waals surface area contributed by atoms with Crippen molar-refractivity contribution in [3.8, 4) is 0 Å². The molecule has 3 nitrogen and oxygen atoms in total. The van der Waals surface area contributed by atoms with Gasteiger partial charge in [-0.3, -0.25) is 4.90 Å². The zero-order valence-corrected chi connectivity index (χ0v) is 9.63. The molecule has 2 heterocycles. The molecule has 0 amide bonds. The summed E-state index contributed by atoms with van der Waals surface area (Å²) in [5.41, 5.74) is 0.656. The van der Waals surface area contributed by atoms with E-state index in [1.165, 1.54) is 6.42 Å². The first kappa shape index (κ1) is 10.6. The molecular formula is C11H15ClN2O. The summed E-state index contributed by atoms with van der Waals surface area (Å²) in [6.45, 7) is 3.70. The van der Waals surface area contributed by atoms with Crippen molar-refractivity contribution in [2.24, 2.45) is 0 Å². The van der Waals surface area contributed by atoms with Crippen molar-refractivity contribution in [3.63, 3.8) is 0 Å². The van der Waals surface area contributed by atoms with E-state index < -0.39 is 0 Å². The Morgan fingerprint density at radius 1 is 1.27 bits per heavy atom. The standard InChI is InChI=1S/C11H15ClN2O/c1-9-7-10(12)8-11(14(9)15)13-5-3-2-4-6-13/h7-8H,2-6H2,1H3. The predicted octanol–water partition coefficient (Wildman–Crippen LogP) is 2.27. The van der Waals surface area contributed by atoms with E-state index in [1.54, 1.807) is 19.1 Å². The zero-order chi connectivity index (χ0) is 10.8. The molecule has 1 aromatic heterocycles. The Morgan fingerprint density at radius 3 is 2.60 bits per heavy atom. The average Bonchev–Trinajstić information content (AvgIpc) is 2.24. The number of halogens is 1. The predicted molar refractivity (Wildman–Crippen MR) is 61.2 cm³/mol. The molecule has 0 bridgehead atoms. The molecule has 82 valence electrons. The normalized spacial score (nSPS) is 16.8. The fourth-order valence-electron chi connectivity index (χ4n) is 2.01. The third-order valence-electron chi connectivity index (χ3n) is 2.82. The number of rotatable bonds is 1. The van der Waals surface area contributed by atoms with Gasteiger partial charge in [-0.2, -0.15) is 0 Å². The van der Waals surface area contributed by atoms with Crippen LogP contribution in [0.2, 0.25) is 5.02 Å². The van der Waals surface area contributed by atoms with E-state index in [0.717, 1.165) is 30.7 Å². The Hall–Kier alpha value is -0.960. The molecule has 2 rings (SSSR count). The summed E-state index contributed by atoms with van der Waals surface area (Å²) >= 11 is 5.96. The van der Waals surface area contributed by atoms with Crippen molar-refractivity contribution in [2.45, 2.75) is 26.2 Å². The van der Waals surface area contributed by atoms with E-state index >= 15 is 0 Å². The SMILES string of the molecule is Cc1cc(Cl)cc(N2CCCCC2)[n+]1[O-]. The number of pyridine rings is 1. The lowest BCUT2D eigenvalue weighted by molar-refractivity contribution is -0.599. The van der Waals surface area contributed by atoms with E-state index in [1.807, 2.05) is 0 Å². The van der Waals surface area contributed by atoms with Crippen LogP contribution in [0.5, 0.6) is 0 Å². The van der Waals surface area contributed by atoms with Crippen LogP contribution in [0.4, 0.5) is 5.82 Å². The Labute approximate surface area is 94.9 Å². The van der Waals surface area contributed by atoms with Crippen molar-refractivity contribution in [2.75, 3.05) is 18.0 Å². The van der Waals surface area contributed by atoms with Gasteiger partial charge in [0.2, 0.25) is 0 Å². The molecule has 0 saturated carbocycles. The Balaban J connectivity index is 2.33. The van der Waals surface area contributed by atoms with E-state index in [4.69, 9.17) is 11.6 Å². The van der Waals surface area contributed by atoms with Gasteiger partial charge < -0.3 is 5.21 Å². The van der Waals surface area contributed by atoms with Gasteiger partial charge in [-0.1, -0.05) is 11.6 Å². The fraction of sp³-hybridized carbons (Fsp3) is 0.545. The molecule has 0 aliphatic carbocycles. The van der Waals surface area contributed by atoms with Crippen LogP contribution in [0.25, 0.3) is 0 Å². The van der Waals surface area contributed by atoms with Crippen molar-refractivity contribution < 1.29 is 4.73 Å². The summed E-state index contributed by atoms with van der Waals surface area (Å²) in [7, 11) is 0. The van der Waals surface area contributed by atoms with Crippen LogP contribution in [-0.2, 0) is 0 Å². The Kier molecular flexibility index (Phi) is 3.00. The van der Waals surface area contributed by atoms with Gasteiger partial charge in [0.05, 0.1) is 18.1 Å². The molecule has 4 heteroatoms. The van der Waals surface area contributed by atoms with E-state index in [-0.39, 0.29) is 0 Å². The summed E-state index contributed by atoms with van der Waals surface area (Å²) in [5.74, 6) is 0.694. The van der Waals surface area contributed by atoms with E-state index in [9.17, 15) is 5.21 Å². The number of aryl methyl sites for hydroxylation is 1. The molecule has 1 aliphatic heterocycles. The number of hydrogen-bond donors (Lipinski definition) is 0. The first-order valence-corrected chi connectivity index (χ1v) is 5.71. The van der Waals surface area contributed by atoms with Crippen LogP contribution < -0.4 is 9.63 Å². The molecule has 0 radical (unpaired) electrons. The molecule has 1 saturated heterocycles. The van der Waals surface area contributed by atoms with Gasteiger partial charge in [0.1, 0.15) is 5.69 Å². The van der Waals surface area contributed by atoms with E-state index in [0.29, 0.717) is 16.5 Å². The topological polar surface area (TPSA) is 30.2 Å². The summed E-state index contributed by atoms with van der Waals surface area (Å²) in [4.78, 5) is 2.12. The van der Waals surface area contributed by atoms with Crippen LogP contribution in [0.1, 0.15) is 25.0 Å². The Bertz CT molecular complexity index is 362. The van der Waals surface area contributed by atoms with Gasteiger partial charge in [-0.25, -0.2) is 4.73 Å². The third-order valence-corrected chi connectivity index (χ3v) is 3.04. The number of hydrogen-bond acceptors (Lipinski definition) is 2. The summed E-state index contributed by atoms with van der Waals surface area (Å²) in [6.07, 6.45) is 3.58. The molecule has 0 aromatic carbocycles. The van der Waals surface area contributed by atoms with Crippen LogP contribution in [0.3, 0.4) is 0 Å². The zero-order valence-electron chi connectivity index (χ0n) is 8.87. The van der Waals surface area contributed by atoms with Crippen LogP contribution in [0, 0.1) is 12.1 Å².